The third-order valence-electron chi connectivity index (χ3n) is 5.35. The van der Waals surface area contributed by atoms with Gasteiger partial charge in [-0.1, -0.05) is 48.5 Å². The summed E-state index contributed by atoms with van der Waals surface area (Å²) in [5.41, 5.74) is 1.35. The van der Waals surface area contributed by atoms with E-state index in [1.807, 2.05) is 30.3 Å². The molecule has 0 saturated carbocycles. The molecule has 4 rings (SSSR count). The van der Waals surface area contributed by atoms with Gasteiger partial charge < -0.3 is 14.5 Å². The van der Waals surface area contributed by atoms with Crippen molar-refractivity contribution in [1.82, 2.24) is 9.29 Å². The normalized spacial score (nSPS) is 11.6. The first-order valence-electron chi connectivity index (χ1n) is 10.3. The Kier molecular flexibility index (Phi) is 6.48. The van der Waals surface area contributed by atoms with Crippen molar-refractivity contribution in [3.05, 3.63) is 100 Å². The second-order valence-electron chi connectivity index (χ2n) is 7.49. The molecule has 0 spiro atoms. The number of ether oxygens (including phenoxy) is 2. The van der Waals surface area contributed by atoms with Gasteiger partial charge in [0.1, 0.15) is 0 Å². The molecule has 7 nitrogen and oxygen atoms in total. The van der Waals surface area contributed by atoms with E-state index in [1.54, 1.807) is 48.5 Å². The van der Waals surface area contributed by atoms with Crippen molar-refractivity contribution in [1.29, 1.82) is 0 Å². The van der Waals surface area contributed by atoms with Gasteiger partial charge in [-0.15, -0.1) is 0 Å². The number of H-pyrrole nitrogens is 1. The molecule has 0 unspecified atom stereocenters. The maximum atomic E-state index is 13.5. The molecule has 1 aromatic heterocycles. The highest BCUT2D eigenvalue weighted by atomic mass is 32.2. The summed E-state index contributed by atoms with van der Waals surface area (Å²) in [5.74, 6) is 1.01. The van der Waals surface area contributed by atoms with E-state index in [9.17, 15) is 13.2 Å². The van der Waals surface area contributed by atoms with Gasteiger partial charge in [-0.25, -0.2) is 8.42 Å². The number of benzene rings is 3. The van der Waals surface area contributed by atoms with Crippen molar-refractivity contribution >= 4 is 20.9 Å². The van der Waals surface area contributed by atoms with Crippen molar-refractivity contribution in [3.8, 4) is 11.5 Å². The summed E-state index contributed by atoms with van der Waals surface area (Å²) in [6.45, 7) is 0.0349. The Morgan fingerprint density at radius 2 is 1.42 bits per heavy atom. The number of sulfonamides is 1. The van der Waals surface area contributed by atoms with Crippen molar-refractivity contribution in [2.75, 3.05) is 14.2 Å². The summed E-state index contributed by atoms with van der Waals surface area (Å²) in [4.78, 5) is 15.9. The predicted molar refractivity (Wildman–Crippen MR) is 127 cm³/mol. The molecule has 1 heterocycles. The molecule has 170 valence electrons. The number of aromatic amines is 1. The van der Waals surface area contributed by atoms with E-state index in [0.717, 1.165) is 5.56 Å². The Morgan fingerprint density at radius 1 is 0.818 bits per heavy atom. The molecule has 8 heteroatoms. The summed E-state index contributed by atoms with van der Waals surface area (Å²) < 4.78 is 38.9. The van der Waals surface area contributed by atoms with Gasteiger partial charge in [0, 0.05) is 30.1 Å². The first-order valence-corrected chi connectivity index (χ1v) is 11.7. The van der Waals surface area contributed by atoms with Crippen LogP contribution in [0.2, 0.25) is 0 Å². The maximum absolute atomic E-state index is 13.5. The number of hydrogen-bond donors (Lipinski definition) is 1. The number of nitrogens with one attached hydrogen (secondary N) is 1. The van der Waals surface area contributed by atoms with Crippen LogP contribution in [0.4, 0.5) is 0 Å². The molecule has 4 aromatic rings. The minimum absolute atomic E-state index is 0.0915. The minimum atomic E-state index is -3.86. The van der Waals surface area contributed by atoms with Crippen LogP contribution in [0.25, 0.3) is 10.9 Å². The molecule has 0 fully saturated rings. The van der Waals surface area contributed by atoms with Crippen LogP contribution < -0.4 is 15.0 Å². The second kappa shape index (κ2) is 9.48. The number of nitrogens with zero attached hydrogens (tertiary/aromatic N) is 1. The Balaban J connectivity index is 1.78. The zero-order valence-corrected chi connectivity index (χ0v) is 19.1. The number of fused-ring (bicyclic) bond motifs is 1. The molecular formula is C25H24N2O5S. The summed E-state index contributed by atoms with van der Waals surface area (Å²) in [5, 5.41) is 0.707. The number of pyridine rings is 1. The van der Waals surface area contributed by atoms with Crippen LogP contribution in [-0.4, -0.2) is 31.9 Å². The lowest BCUT2D eigenvalue weighted by atomic mass is 10.1. The van der Waals surface area contributed by atoms with E-state index in [-0.39, 0.29) is 23.5 Å². The fourth-order valence-electron chi connectivity index (χ4n) is 3.64. The van der Waals surface area contributed by atoms with Crippen molar-refractivity contribution in [3.63, 3.8) is 0 Å². The lowest BCUT2D eigenvalue weighted by molar-refractivity contribution is 0.355. The fraction of sp³-hybridized carbons (Fsp3) is 0.160. The van der Waals surface area contributed by atoms with Crippen molar-refractivity contribution < 1.29 is 17.9 Å². The van der Waals surface area contributed by atoms with Gasteiger partial charge in [0.15, 0.2) is 11.5 Å². The first-order chi connectivity index (χ1) is 15.9. The first kappa shape index (κ1) is 22.6. The highest BCUT2D eigenvalue weighted by Gasteiger charge is 2.26. The lowest BCUT2D eigenvalue weighted by Gasteiger charge is -2.22. The molecule has 0 aliphatic heterocycles. The molecule has 0 bridgehead atoms. The van der Waals surface area contributed by atoms with Gasteiger partial charge in [-0.2, -0.15) is 4.31 Å². The molecule has 33 heavy (non-hydrogen) atoms. The van der Waals surface area contributed by atoms with Crippen LogP contribution in [0.3, 0.4) is 0 Å². The van der Waals surface area contributed by atoms with E-state index in [0.29, 0.717) is 28.0 Å². The minimum Gasteiger partial charge on any atom is -0.493 e. The van der Waals surface area contributed by atoms with Crippen molar-refractivity contribution in [2.24, 2.45) is 0 Å². The van der Waals surface area contributed by atoms with Crippen LogP contribution in [0.15, 0.2) is 88.6 Å². The Morgan fingerprint density at radius 3 is 2.06 bits per heavy atom. The van der Waals surface area contributed by atoms with E-state index in [1.165, 1.54) is 18.5 Å². The molecule has 0 atom stereocenters. The standard InChI is InChI=1S/C25H24N2O5S/c1-31-23-14-19-13-20(25(28)26-22(19)15-24(23)32-2)17-27(16-18-9-5-3-6-10-18)33(29,30)21-11-7-4-8-12-21/h3-15H,16-17H2,1-2H3,(H,26,28). The van der Waals surface area contributed by atoms with Gasteiger partial charge in [-0.05, 0) is 29.8 Å². The summed E-state index contributed by atoms with van der Waals surface area (Å²) >= 11 is 0. The van der Waals surface area contributed by atoms with Crippen molar-refractivity contribution in [2.45, 2.75) is 18.0 Å². The third kappa shape index (κ3) is 4.76. The van der Waals surface area contributed by atoms with E-state index in [2.05, 4.69) is 4.98 Å². The van der Waals surface area contributed by atoms with Gasteiger partial charge in [0.25, 0.3) is 5.56 Å². The van der Waals surface area contributed by atoms with Gasteiger partial charge in [-0.3, -0.25) is 4.79 Å². The maximum Gasteiger partial charge on any atom is 0.252 e. The Hall–Kier alpha value is -3.62. The zero-order valence-electron chi connectivity index (χ0n) is 18.3. The second-order valence-corrected chi connectivity index (χ2v) is 9.43. The number of methoxy groups -OCH3 is 2. The number of hydrogen-bond acceptors (Lipinski definition) is 5. The van der Waals surface area contributed by atoms with Crippen LogP contribution in [0.1, 0.15) is 11.1 Å². The van der Waals surface area contributed by atoms with Crippen LogP contribution in [0, 0.1) is 0 Å². The topological polar surface area (TPSA) is 88.7 Å². The summed E-state index contributed by atoms with van der Waals surface area (Å²) in [7, 11) is -0.803. The van der Waals surface area contributed by atoms with E-state index < -0.39 is 10.0 Å². The van der Waals surface area contributed by atoms with Crippen LogP contribution in [0.5, 0.6) is 11.5 Å². The molecule has 0 radical (unpaired) electrons. The number of rotatable bonds is 8. The average Bonchev–Trinajstić information content (AvgIpc) is 2.84. The molecule has 3 aromatic carbocycles. The molecule has 0 saturated heterocycles. The molecule has 1 N–H and O–H groups in total. The van der Waals surface area contributed by atoms with Crippen LogP contribution >= 0.6 is 0 Å². The Labute approximate surface area is 192 Å². The zero-order chi connectivity index (χ0) is 23.4. The summed E-state index contributed by atoms with van der Waals surface area (Å²) in [6, 6.07) is 22.6. The van der Waals surface area contributed by atoms with Gasteiger partial charge in [0.2, 0.25) is 10.0 Å². The fourth-order valence-corrected chi connectivity index (χ4v) is 5.07. The number of aromatic nitrogens is 1. The molecule has 0 amide bonds. The molecular weight excluding hydrogens is 440 g/mol. The van der Waals surface area contributed by atoms with Crippen LogP contribution in [-0.2, 0) is 23.1 Å². The monoisotopic (exact) mass is 464 g/mol. The average molecular weight is 465 g/mol. The highest BCUT2D eigenvalue weighted by molar-refractivity contribution is 7.89. The predicted octanol–water partition coefficient (Wildman–Crippen LogP) is 3.94. The van der Waals surface area contributed by atoms with Gasteiger partial charge in [0.05, 0.1) is 24.6 Å². The smallest absolute Gasteiger partial charge is 0.252 e. The highest BCUT2D eigenvalue weighted by Crippen LogP contribution is 2.31. The quantitative estimate of drug-likeness (QED) is 0.427. The van der Waals surface area contributed by atoms with E-state index >= 15 is 0 Å². The Bertz CT molecular complexity index is 1420. The summed E-state index contributed by atoms with van der Waals surface area (Å²) in [6.07, 6.45) is 0. The molecule has 0 aliphatic carbocycles. The largest absolute Gasteiger partial charge is 0.493 e. The lowest BCUT2D eigenvalue weighted by Crippen LogP contribution is -2.32. The van der Waals surface area contributed by atoms with Gasteiger partial charge >= 0.3 is 0 Å². The van der Waals surface area contributed by atoms with E-state index in [4.69, 9.17) is 9.47 Å². The molecule has 0 aliphatic rings. The third-order valence-corrected chi connectivity index (χ3v) is 7.16. The SMILES string of the molecule is COc1cc2cc(CN(Cc3ccccc3)S(=O)(=O)c3ccccc3)c(=O)[nH]c2cc1OC.